The summed E-state index contributed by atoms with van der Waals surface area (Å²) in [7, 11) is 0. The lowest BCUT2D eigenvalue weighted by Crippen LogP contribution is -2.21. The number of rotatable bonds is 6. The maximum atomic E-state index is 5.93. The van der Waals surface area contributed by atoms with Gasteiger partial charge in [-0.25, -0.2) is 4.98 Å². The Hall–Kier alpha value is -0.900. The van der Waals surface area contributed by atoms with Gasteiger partial charge >= 0.3 is 0 Å². The van der Waals surface area contributed by atoms with Gasteiger partial charge in [0.25, 0.3) is 0 Å². The van der Waals surface area contributed by atoms with E-state index in [4.69, 9.17) is 5.73 Å². The summed E-state index contributed by atoms with van der Waals surface area (Å²) in [5, 5.41) is 4.12. The molecule has 14 heavy (non-hydrogen) atoms. The lowest BCUT2D eigenvalue weighted by molar-refractivity contribution is 0.531. The van der Waals surface area contributed by atoms with Crippen LogP contribution in [0.5, 0.6) is 0 Å². The molecule has 0 amide bonds. The number of hydrogen-bond donors (Lipinski definition) is 1. The van der Waals surface area contributed by atoms with Crippen molar-refractivity contribution in [2.75, 3.05) is 0 Å². The molecule has 0 radical (unpaired) electrons. The van der Waals surface area contributed by atoms with Gasteiger partial charge in [-0.05, 0) is 19.8 Å². The first kappa shape index (κ1) is 11.2. The van der Waals surface area contributed by atoms with Crippen molar-refractivity contribution in [1.29, 1.82) is 0 Å². The fourth-order valence-corrected chi connectivity index (χ4v) is 1.58. The van der Waals surface area contributed by atoms with E-state index in [0.717, 1.165) is 38.1 Å². The lowest BCUT2D eigenvalue weighted by Gasteiger charge is -2.09. The average Bonchev–Trinajstić information content (AvgIpc) is 2.62. The maximum Gasteiger partial charge on any atom is 0.138 e. The zero-order valence-corrected chi connectivity index (χ0v) is 9.11. The molecule has 0 aliphatic rings. The number of nitrogens with zero attached hydrogens (tertiary/aromatic N) is 3. The highest BCUT2D eigenvalue weighted by atomic mass is 15.3. The number of aryl methyl sites for hydroxylation is 2. The van der Waals surface area contributed by atoms with E-state index in [2.05, 4.69) is 23.9 Å². The van der Waals surface area contributed by atoms with Crippen molar-refractivity contribution in [3.63, 3.8) is 0 Å². The van der Waals surface area contributed by atoms with Crippen LogP contribution in [0.1, 0.15) is 38.9 Å². The summed E-state index contributed by atoms with van der Waals surface area (Å²) < 4.78 is 1.93. The molecule has 80 valence electrons. The molecule has 0 spiro atoms. The van der Waals surface area contributed by atoms with Gasteiger partial charge in [-0.15, -0.1) is 0 Å². The molecule has 0 aliphatic heterocycles. The lowest BCUT2D eigenvalue weighted by atomic mass is 10.1. The molecule has 1 aromatic heterocycles. The van der Waals surface area contributed by atoms with Crippen LogP contribution in [0.2, 0.25) is 0 Å². The molecular weight excluding hydrogens is 176 g/mol. The van der Waals surface area contributed by atoms with Gasteiger partial charge in [-0.1, -0.05) is 13.3 Å². The van der Waals surface area contributed by atoms with Crippen LogP contribution in [0.25, 0.3) is 0 Å². The van der Waals surface area contributed by atoms with Crippen molar-refractivity contribution >= 4 is 0 Å². The van der Waals surface area contributed by atoms with Crippen molar-refractivity contribution < 1.29 is 0 Å². The van der Waals surface area contributed by atoms with Crippen molar-refractivity contribution in [2.45, 2.75) is 52.1 Å². The molecule has 1 atom stereocenters. The summed E-state index contributed by atoms with van der Waals surface area (Å²) in [6.07, 6.45) is 5.81. The number of aromatic nitrogens is 3. The monoisotopic (exact) mass is 196 g/mol. The van der Waals surface area contributed by atoms with E-state index in [1.165, 1.54) is 0 Å². The largest absolute Gasteiger partial charge is 0.328 e. The molecule has 0 saturated heterocycles. The molecule has 1 heterocycles. The first-order chi connectivity index (χ1) is 6.77. The summed E-state index contributed by atoms with van der Waals surface area (Å²) in [6, 6.07) is 0.307. The van der Waals surface area contributed by atoms with Gasteiger partial charge in [-0.2, -0.15) is 5.10 Å². The zero-order chi connectivity index (χ0) is 10.4. The van der Waals surface area contributed by atoms with Crippen LogP contribution in [-0.4, -0.2) is 20.8 Å². The minimum atomic E-state index is 0.307. The van der Waals surface area contributed by atoms with Crippen molar-refractivity contribution in [3.8, 4) is 0 Å². The van der Waals surface area contributed by atoms with Gasteiger partial charge in [0, 0.05) is 19.0 Å². The minimum Gasteiger partial charge on any atom is -0.328 e. The molecule has 4 nitrogen and oxygen atoms in total. The predicted octanol–water partition coefficient (Wildman–Crippen LogP) is 1.36. The van der Waals surface area contributed by atoms with Crippen LogP contribution in [0.3, 0.4) is 0 Å². The highest BCUT2D eigenvalue weighted by Gasteiger charge is 2.06. The normalized spacial score (nSPS) is 13.1. The number of nitrogens with two attached hydrogens (primary N) is 1. The first-order valence-corrected chi connectivity index (χ1v) is 5.40. The highest BCUT2D eigenvalue weighted by molar-refractivity contribution is 4.85. The summed E-state index contributed by atoms with van der Waals surface area (Å²) in [5.41, 5.74) is 5.93. The molecule has 1 rings (SSSR count). The Morgan fingerprint density at radius 1 is 1.43 bits per heavy atom. The van der Waals surface area contributed by atoms with Crippen LogP contribution in [-0.2, 0) is 13.0 Å². The van der Waals surface area contributed by atoms with Gasteiger partial charge < -0.3 is 5.73 Å². The predicted molar refractivity (Wildman–Crippen MR) is 56.9 cm³/mol. The van der Waals surface area contributed by atoms with Crippen LogP contribution < -0.4 is 5.73 Å². The van der Waals surface area contributed by atoms with E-state index in [0.29, 0.717) is 6.04 Å². The zero-order valence-electron chi connectivity index (χ0n) is 9.11. The van der Waals surface area contributed by atoms with Gasteiger partial charge in [0.1, 0.15) is 12.2 Å². The summed E-state index contributed by atoms with van der Waals surface area (Å²) in [4.78, 5) is 4.22. The van der Waals surface area contributed by atoms with E-state index >= 15 is 0 Å². The Morgan fingerprint density at radius 2 is 2.21 bits per heavy atom. The molecule has 1 unspecified atom stereocenters. The molecule has 0 aromatic carbocycles. The second-order valence-corrected chi connectivity index (χ2v) is 3.58. The van der Waals surface area contributed by atoms with Crippen molar-refractivity contribution in [3.05, 3.63) is 12.2 Å². The minimum absolute atomic E-state index is 0.307. The molecule has 2 N–H and O–H groups in total. The molecule has 1 aromatic rings. The SMILES string of the molecule is CCCC(N)CCc1ncnn1CC. The second kappa shape index (κ2) is 5.75. The Morgan fingerprint density at radius 3 is 2.86 bits per heavy atom. The van der Waals surface area contributed by atoms with Gasteiger partial charge in [0.05, 0.1) is 0 Å². The Kier molecular flexibility index (Phi) is 4.59. The molecular formula is C10H20N4. The van der Waals surface area contributed by atoms with Crippen LogP contribution in [0, 0.1) is 0 Å². The van der Waals surface area contributed by atoms with E-state index in [1.54, 1.807) is 6.33 Å². The van der Waals surface area contributed by atoms with Crippen LogP contribution >= 0.6 is 0 Å². The van der Waals surface area contributed by atoms with E-state index in [9.17, 15) is 0 Å². The quantitative estimate of drug-likeness (QED) is 0.747. The molecule has 0 bridgehead atoms. The second-order valence-electron chi connectivity index (χ2n) is 3.58. The van der Waals surface area contributed by atoms with Crippen molar-refractivity contribution in [1.82, 2.24) is 14.8 Å². The fourth-order valence-electron chi connectivity index (χ4n) is 1.58. The fraction of sp³-hybridized carbons (Fsp3) is 0.800. The van der Waals surface area contributed by atoms with E-state index in [-0.39, 0.29) is 0 Å². The highest BCUT2D eigenvalue weighted by Crippen LogP contribution is 2.04. The van der Waals surface area contributed by atoms with Crippen LogP contribution in [0.15, 0.2) is 6.33 Å². The van der Waals surface area contributed by atoms with Crippen molar-refractivity contribution in [2.24, 2.45) is 5.73 Å². The van der Waals surface area contributed by atoms with E-state index < -0.39 is 0 Å². The first-order valence-electron chi connectivity index (χ1n) is 5.40. The Bertz CT molecular complexity index is 256. The van der Waals surface area contributed by atoms with E-state index in [1.807, 2.05) is 4.68 Å². The summed E-state index contributed by atoms with van der Waals surface area (Å²) in [6.45, 7) is 5.12. The Balaban J connectivity index is 2.37. The van der Waals surface area contributed by atoms with Gasteiger partial charge in [0.15, 0.2) is 0 Å². The molecule has 0 saturated carbocycles. The smallest absolute Gasteiger partial charge is 0.138 e. The van der Waals surface area contributed by atoms with Crippen LogP contribution in [0.4, 0.5) is 0 Å². The third-order valence-electron chi connectivity index (χ3n) is 2.39. The standard InChI is InChI=1S/C10H20N4/c1-3-5-9(11)6-7-10-12-8-13-14(10)4-2/h8-9H,3-7,11H2,1-2H3. The third kappa shape index (κ3) is 3.10. The number of hydrogen-bond acceptors (Lipinski definition) is 3. The topological polar surface area (TPSA) is 56.7 Å². The summed E-state index contributed by atoms with van der Waals surface area (Å²) in [5.74, 6) is 1.05. The molecule has 0 fully saturated rings. The third-order valence-corrected chi connectivity index (χ3v) is 2.39. The average molecular weight is 196 g/mol. The van der Waals surface area contributed by atoms with Gasteiger partial charge in [0.2, 0.25) is 0 Å². The maximum absolute atomic E-state index is 5.93. The summed E-state index contributed by atoms with van der Waals surface area (Å²) >= 11 is 0. The molecule has 4 heteroatoms. The van der Waals surface area contributed by atoms with Gasteiger partial charge in [-0.3, -0.25) is 4.68 Å². The molecule has 0 aliphatic carbocycles. The Labute approximate surface area is 85.5 Å².